The van der Waals surface area contributed by atoms with Gasteiger partial charge in [-0.2, -0.15) is 0 Å². The van der Waals surface area contributed by atoms with Crippen LogP contribution < -0.4 is 14.8 Å². The van der Waals surface area contributed by atoms with Crippen LogP contribution >= 0.6 is 11.6 Å². The highest BCUT2D eigenvalue weighted by Crippen LogP contribution is 2.28. The highest BCUT2D eigenvalue weighted by atomic mass is 35.5. The Morgan fingerprint density at radius 1 is 1.10 bits per heavy atom. The molecule has 1 saturated heterocycles. The summed E-state index contributed by atoms with van der Waals surface area (Å²) in [6, 6.07) is 10.6. The molecule has 0 bridgehead atoms. The van der Waals surface area contributed by atoms with Gasteiger partial charge in [0, 0.05) is 11.6 Å². The molecule has 0 saturated carbocycles. The third-order valence-corrected chi connectivity index (χ3v) is 6.79. The molecule has 0 spiro atoms. The van der Waals surface area contributed by atoms with Crippen molar-refractivity contribution >= 4 is 33.4 Å². The number of methoxy groups -OCH3 is 2. The van der Waals surface area contributed by atoms with Gasteiger partial charge in [-0.1, -0.05) is 11.6 Å². The quantitative estimate of drug-likeness (QED) is 0.717. The molecule has 8 nitrogen and oxygen atoms in total. The van der Waals surface area contributed by atoms with Crippen LogP contribution in [0.2, 0.25) is 5.02 Å². The van der Waals surface area contributed by atoms with E-state index in [1.165, 1.54) is 38.5 Å². The maximum Gasteiger partial charge on any atom is 0.266 e. The van der Waals surface area contributed by atoms with Gasteiger partial charge in [0.1, 0.15) is 18.0 Å². The third-order valence-electron chi connectivity index (χ3n) is 4.78. The lowest BCUT2D eigenvalue weighted by molar-refractivity contribution is -0.131. The summed E-state index contributed by atoms with van der Waals surface area (Å²) in [5.74, 6) is -0.929. The Hall–Kier alpha value is -2.78. The van der Waals surface area contributed by atoms with Crippen LogP contribution in [-0.2, 0) is 26.0 Å². The van der Waals surface area contributed by atoms with Crippen molar-refractivity contribution in [3.05, 3.63) is 53.1 Å². The molecule has 0 radical (unpaired) electrons. The zero-order valence-corrected chi connectivity index (χ0v) is 18.0. The van der Waals surface area contributed by atoms with Gasteiger partial charge in [-0.15, -0.1) is 0 Å². The van der Waals surface area contributed by atoms with Crippen LogP contribution in [-0.4, -0.2) is 51.8 Å². The summed E-state index contributed by atoms with van der Waals surface area (Å²) in [5, 5.41) is 2.97. The molecule has 1 N–H and O–H groups in total. The van der Waals surface area contributed by atoms with Gasteiger partial charge in [-0.25, -0.2) is 12.7 Å². The first-order valence-corrected chi connectivity index (χ1v) is 10.9. The molecule has 1 aliphatic rings. The number of nitrogens with one attached hydrogen (secondary N) is 1. The minimum atomic E-state index is -4.23. The number of nitrogens with zero attached hydrogens (tertiary/aromatic N) is 1. The molecular weight excluding hydrogens is 432 g/mol. The lowest BCUT2D eigenvalue weighted by atomic mass is 9.97. The second-order valence-corrected chi connectivity index (χ2v) is 8.99. The van der Waals surface area contributed by atoms with E-state index >= 15 is 0 Å². The molecule has 160 valence electrons. The number of carbonyl (C=O) groups excluding carboxylic acids is 2. The van der Waals surface area contributed by atoms with Gasteiger partial charge in [-0.3, -0.25) is 9.59 Å². The summed E-state index contributed by atoms with van der Waals surface area (Å²) in [7, 11) is -1.21. The van der Waals surface area contributed by atoms with Gasteiger partial charge >= 0.3 is 0 Å². The van der Waals surface area contributed by atoms with Crippen LogP contribution in [0.3, 0.4) is 0 Å². The Bertz CT molecular complexity index is 1060. The van der Waals surface area contributed by atoms with E-state index in [2.05, 4.69) is 5.32 Å². The van der Waals surface area contributed by atoms with Crippen LogP contribution in [0.4, 0.5) is 0 Å². The first-order chi connectivity index (χ1) is 14.3. The molecule has 2 amide bonds. The highest BCUT2D eigenvalue weighted by molar-refractivity contribution is 7.89. The number of hydrogen-bond donors (Lipinski definition) is 1. The number of carbonyl (C=O) groups is 2. The van der Waals surface area contributed by atoms with Crippen LogP contribution in [0.25, 0.3) is 0 Å². The first kappa shape index (κ1) is 21.9. The number of ether oxygens (including phenoxy) is 2. The van der Waals surface area contributed by atoms with Crippen LogP contribution in [0.15, 0.2) is 47.4 Å². The van der Waals surface area contributed by atoms with Gasteiger partial charge in [0.2, 0.25) is 11.8 Å². The summed E-state index contributed by atoms with van der Waals surface area (Å²) in [6.07, 6.45) is 0.159. The van der Waals surface area contributed by atoms with Gasteiger partial charge in [0.05, 0.1) is 25.0 Å². The first-order valence-electron chi connectivity index (χ1n) is 9.06. The maximum atomic E-state index is 13.2. The number of benzene rings is 2. The second-order valence-electron chi connectivity index (χ2n) is 6.69. The van der Waals surface area contributed by atoms with Crippen molar-refractivity contribution in [3.63, 3.8) is 0 Å². The number of amides is 2. The lowest BCUT2D eigenvalue weighted by Gasteiger charge is -2.23. The third kappa shape index (κ3) is 4.52. The summed E-state index contributed by atoms with van der Waals surface area (Å²) >= 11 is 5.83. The second kappa shape index (κ2) is 8.93. The smallest absolute Gasteiger partial charge is 0.266 e. The van der Waals surface area contributed by atoms with Crippen molar-refractivity contribution < 1.29 is 27.5 Å². The molecule has 1 unspecified atom stereocenters. The van der Waals surface area contributed by atoms with E-state index in [1.807, 2.05) is 0 Å². The molecule has 3 rings (SSSR count). The van der Waals surface area contributed by atoms with Gasteiger partial charge < -0.3 is 14.8 Å². The Kier molecular flexibility index (Phi) is 6.52. The molecule has 1 atom stereocenters. The Labute approximate surface area is 179 Å². The van der Waals surface area contributed by atoms with Crippen molar-refractivity contribution in [1.82, 2.24) is 9.62 Å². The zero-order valence-electron chi connectivity index (χ0n) is 16.4. The van der Waals surface area contributed by atoms with E-state index in [0.29, 0.717) is 26.4 Å². The molecule has 1 fully saturated rings. The molecule has 2 aromatic carbocycles. The van der Waals surface area contributed by atoms with E-state index in [1.54, 1.807) is 18.2 Å². The monoisotopic (exact) mass is 452 g/mol. The largest absolute Gasteiger partial charge is 0.497 e. The predicted octanol–water partition coefficient (Wildman–Crippen LogP) is 1.86. The Balaban J connectivity index is 1.95. The standard InChI is InChI=1S/C20H21ClN2O6S/c1-28-16-5-8-18(29-2)13(10-16)9-14-11-22-19(24)12-23(20(14)25)30(26,27)17-6-3-15(21)4-7-17/h3-8,10,14H,9,11-12H2,1-2H3,(H,22,24). The molecule has 1 heterocycles. The number of sulfonamides is 1. The molecule has 2 aromatic rings. The van der Waals surface area contributed by atoms with Crippen molar-refractivity contribution in [3.8, 4) is 11.5 Å². The maximum absolute atomic E-state index is 13.2. The average molecular weight is 453 g/mol. The topological polar surface area (TPSA) is 102 Å². The van der Waals surface area contributed by atoms with Crippen molar-refractivity contribution in [2.45, 2.75) is 11.3 Å². The van der Waals surface area contributed by atoms with Gasteiger partial charge in [-0.05, 0) is 54.4 Å². The molecule has 30 heavy (non-hydrogen) atoms. The molecular formula is C20H21ClN2O6S. The van der Waals surface area contributed by atoms with E-state index < -0.39 is 34.3 Å². The number of halogens is 1. The van der Waals surface area contributed by atoms with Crippen molar-refractivity contribution in [2.24, 2.45) is 5.92 Å². The number of hydrogen-bond acceptors (Lipinski definition) is 6. The van der Waals surface area contributed by atoms with E-state index in [-0.39, 0.29) is 17.9 Å². The summed E-state index contributed by atoms with van der Waals surface area (Å²) < 4.78 is 37.3. The lowest BCUT2D eigenvalue weighted by Crippen LogP contribution is -2.42. The molecule has 0 aliphatic carbocycles. The minimum absolute atomic E-state index is 0.00463. The fourth-order valence-corrected chi connectivity index (χ4v) is 4.73. The van der Waals surface area contributed by atoms with Crippen LogP contribution in [0.1, 0.15) is 5.56 Å². The Morgan fingerprint density at radius 2 is 1.80 bits per heavy atom. The van der Waals surface area contributed by atoms with E-state index in [4.69, 9.17) is 21.1 Å². The normalized spacial score (nSPS) is 17.3. The van der Waals surface area contributed by atoms with Crippen LogP contribution in [0.5, 0.6) is 11.5 Å². The molecule has 10 heteroatoms. The Morgan fingerprint density at radius 3 is 2.43 bits per heavy atom. The SMILES string of the molecule is COc1ccc(OC)c(CC2CNC(=O)CN(S(=O)(=O)c3ccc(Cl)cc3)C2=O)c1. The average Bonchev–Trinajstić information content (AvgIpc) is 2.87. The molecule has 1 aliphatic heterocycles. The molecule has 0 aromatic heterocycles. The van der Waals surface area contributed by atoms with Crippen molar-refractivity contribution in [1.29, 1.82) is 0 Å². The fourth-order valence-electron chi connectivity index (χ4n) is 3.20. The van der Waals surface area contributed by atoms with E-state index in [9.17, 15) is 18.0 Å². The summed E-state index contributed by atoms with van der Waals surface area (Å²) in [6.45, 7) is -0.583. The van der Waals surface area contributed by atoms with E-state index in [0.717, 1.165) is 0 Å². The summed E-state index contributed by atoms with van der Waals surface area (Å²) in [4.78, 5) is 25.2. The predicted molar refractivity (Wildman–Crippen MR) is 110 cm³/mol. The zero-order chi connectivity index (χ0) is 21.9. The summed E-state index contributed by atoms with van der Waals surface area (Å²) in [5.41, 5.74) is 0.662. The fraction of sp³-hybridized carbons (Fsp3) is 0.300. The van der Waals surface area contributed by atoms with Crippen molar-refractivity contribution in [2.75, 3.05) is 27.3 Å². The van der Waals surface area contributed by atoms with Gasteiger partial charge in [0.25, 0.3) is 10.0 Å². The number of rotatable bonds is 6. The van der Waals surface area contributed by atoms with Crippen LogP contribution in [0, 0.1) is 5.92 Å². The minimum Gasteiger partial charge on any atom is -0.497 e. The highest BCUT2D eigenvalue weighted by Gasteiger charge is 2.38. The van der Waals surface area contributed by atoms with Gasteiger partial charge in [0.15, 0.2) is 0 Å².